The molecule has 2 unspecified atom stereocenters. The topological polar surface area (TPSA) is 29.3 Å². The largest absolute Gasteiger partial charge is 0.322 e. The van der Waals surface area contributed by atoms with Gasteiger partial charge in [-0.2, -0.15) is 0 Å². The fourth-order valence-corrected chi connectivity index (χ4v) is 4.28. The highest BCUT2D eigenvalue weighted by atomic mass is 32.1. The SMILES string of the molecule is CCN1CCCC1C(N)C(=S)c1ccccc1C/C=C(\C)CCC=C(C)C. The van der Waals surface area contributed by atoms with Crippen LogP contribution < -0.4 is 5.73 Å². The number of hydrogen-bond donors (Lipinski definition) is 1. The number of thiocarbonyl (C=S) groups is 1. The van der Waals surface area contributed by atoms with Gasteiger partial charge in [0.2, 0.25) is 0 Å². The summed E-state index contributed by atoms with van der Waals surface area (Å²) in [6.45, 7) is 10.9. The molecule has 1 aliphatic heterocycles. The summed E-state index contributed by atoms with van der Waals surface area (Å²) in [5, 5.41) is 0. The zero-order valence-electron chi connectivity index (χ0n) is 17.5. The van der Waals surface area contributed by atoms with Crippen LogP contribution in [-0.4, -0.2) is 34.9 Å². The van der Waals surface area contributed by atoms with Crippen LogP contribution in [0.3, 0.4) is 0 Å². The minimum Gasteiger partial charge on any atom is -0.322 e. The average Bonchev–Trinajstić information content (AvgIpc) is 3.14. The molecule has 1 fully saturated rings. The molecule has 0 amide bonds. The van der Waals surface area contributed by atoms with Gasteiger partial charge in [0.1, 0.15) is 0 Å². The molecule has 0 aromatic heterocycles. The molecule has 0 radical (unpaired) electrons. The van der Waals surface area contributed by atoms with E-state index in [1.54, 1.807) is 0 Å². The molecule has 2 nitrogen and oxygen atoms in total. The number of likely N-dealkylation sites (tertiary alicyclic amines) is 1. The molecule has 1 saturated heterocycles. The third-order valence-electron chi connectivity index (χ3n) is 5.58. The van der Waals surface area contributed by atoms with Crippen LogP contribution in [0.4, 0.5) is 0 Å². The summed E-state index contributed by atoms with van der Waals surface area (Å²) in [6.07, 6.45) is 10.2. The Morgan fingerprint density at radius 2 is 2.00 bits per heavy atom. The lowest BCUT2D eigenvalue weighted by atomic mass is 9.93. The van der Waals surface area contributed by atoms with Crippen molar-refractivity contribution in [3.05, 3.63) is 58.7 Å². The Kier molecular flexibility index (Phi) is 8.88. The van der Waals surface area contributed by atoms with E-state index in [1.807, 2.05) is 0 Å². The van der Waals surface area contributed by atoms with E-state index in [0.717, 1.165) is 49.2 Å². The van der Waals surface area contributed by atoms with Gasteiger partial charge in [0.25, 0.3) is 0 Å². The van der Waals surface area contributed by atoms with E-state index in [4.69, 9.17) is 18.0 Å². The van der Waals surface area contributed by atoms with Crippen LogP contribution in [0.1, 0.15) is 64.5 Å². The molecule has 1 heterocycles. The van der Waals surface area contributed by atoms with Crippen LogP contribution in [0.15, 0.2) is 47.6 Å². The highest BCUT2D eigenvalue weighted by Crippen LogP contribution is 2.23. The first kappa shape index (κ1) is 22.0. The van der Waals surface area contributed by atoms with E-state index < -0.39 is 0 Å². The lowest BCUT2D eigenvalue weighted by molar-refractivity contribution is 0.258. The lowest BCUT2D eigenvalue weighted by Crippen LogP contribution is -2.48. The second kappa shape index (κ2) is 10.9. The number of hydrogen-bond acceptors (Lipinski definition) is 3. The smallest absolute Gasteiger partial charge is 0.0562 e. The van der Waals surface area contributed by atoms with Crippen LogP contribution in [0, 0.1) is 0 Å². The first-order valence-electron chi connectivity index (χ1n) is 10.3. The van der Waals surface area contributed by atoms with E-state index in [-0.39, 0.29) is 6.04 Å². The summed E-state index contributed by atoms with van der Waals surface area (Å²) in [6, 6.07) is 8.85. The molecule has 27 heavy (non-hydrogen) atoms. The maximum atomic E-state index is 6.63. The molecule has 3 heteroatoms. The minimum atomic E-state index is -0.0636. The van der Waals surface area contributed by atoms with Crippen molar-refractivity contribution in [1.29, 1.82) is 0 Å². The quantitative estimate of drug-likeness (QED) is 0.349. The average molecular weight is 385 g/mol. The Bertz CT molecular complexity index is 685. The van der Waals surface area contributed by atoms with Gasteiger partial charge >= 0.3 is 0 Å². The standard InChI is InChI=1S/C24H36N2S/c1-5-26-17-9-14-22(26)23(25)24(27)21-13-7-6-12-20(21)16-15-19(4)11-8-10-18(2)3/h6-7,10,12-13,15,22-23H,5,8-9,11,14,16-17,25H2,1-4H3/b19-15+. The van der Waals surface area contributed by atoms with Gasteiger partial charge in [0.15, 0.2) is 0 Å². The maximum absolute atomic E-state index is 6.63. The Morgan fingerprint density at radius 3 is 2.70 bits per heavy atom. The molecule has 0 saturated carbocycles. The fourth-order valence-electron chi connectivity index (χ4n) is 3.92. The number of likely N-dealkylation sites (N-methyl/N-ethyl adjacent to an activating group) is 1. The van der Waals surface area contributed by atoms with E-state index in [9.17, 15) is 0 Å². The Hall–Kier alpha value is -1.29. The van der Waals surface area contributed by atoms with Gasteiger partial charge < -0.3 is 5.73 Å². The van der Waals surface area contributed by atoms with E-state index in [0.29, 0.717) is 6.04 Å². The second-order valence-electron chi connectivity index (χ2n) is 7.96. The Morgan fingerprint density at radius 1 is 1.26 bits per heavy atom. The van der Waals surface area contributed by atoms with E-state index in [2.05, 4.69) is 69.0 Å². The van der Waals surface area contributed by atoms with Crippen molar-refractivity contribution in [1.82, 2.24) is 4.90 Å². The van der Waals surface area contributed by atoms with Gasteiger partial charge in [-0.1, -0.05) is 66.7 Å². The number of nitrogens with zero attached hydrogens (tertiary/aromatic N) is 1. The van der Waals surface area contributed by atoms with Gasteiger partial charge in [-0.25, -0.2) is 0 Å². The Balaban J connectivity index is 2.08. The molecular weight excluding hydrogens is 348 g/mol. The van der Waals surface area contributed by atoms with Crippen molar-refractivity contribution in [3.63, 3.8) is 0 Å². The summed E-state index contributed by atoms with van der Waals surface area (Å²) in [5.41, 5.74) is 11.9. The van der Waals surface area contributed by atoms with Gasteiger partial charge in [-0.05, 0) is 77.1 Å². The molecule has 1 aromatic rings. The van der Waals surface area contributed by atoms with Gasteiger partial charge in [0.05, 0.1) is 6.04 Å². The fraction of sp³-hybridized carbons (Fsp3) is 0.542. The zero-order valence-corrected chi connectivity index (χ0v) is 18.3. The van der Waals surface area contributed by atoms with Gasteiger partial charge in [0, 0.05) is 10.9 Å². The molecular formula is C24H36N2S. The molecule has 1 aliphatic rings. The summed E-state index contributed by atoms with van der Waals surface area (Å²) < 4.78 is 0. The molecule has 2 atom stereocenters. The second-order valence-corrected chi connectivity index (χ2v) is 8.40. The number of nitrogens with two attached hydrogens (primary N) is 1. The van der Waals surface area contributed by atoms with Crippen molar-refractivity contribution in [2.75, 3.05) is 13.1 Å². The van der Waals surface area contributed by atoms with Crippen molar-refractivity contribution < 1.29 is 0 Å². The molecule has 0 bridgehead atoms. The van der Waals surface area contributed by atoms with Crippen molar-refractivity contribution in [2.24, 2.45) is 5.73 Å². The van der Waals surface area contributed by atoms with E-state index in [1.165, 1.54) is 23.1 Å². The van der Waals surface area contributed by atoms with Gasteiger partial charge in [-0.3, -0.25) is 4.90 Å². The first-order valence-corrected chi connectivity index (χ1v) is 10.8. The van der Waals surface area contributed by atoms with Crippen LogP contribution in [0.5, 0.6) is 0 Å². The Labute approximate surface area is 171 Å². The van der Waals surface area contributed by atoms with E-state index >= 15 is 0 Å². The molecule has 2 rings (SSSR count). The third kappa shape index (κ3) is 6.38. The number of benzene rings is 1. The molecule has 0 aliphatic carbocycles. The summed E-state index contributed by atoms with van der Waals surface area (Å²) >= 11 is 5.87. The number of allylic oxidation sites excluding steroid dienone is 4. The van der Waals surface area contributed by atoms with Crippen LogP contribution in [-0.2, 0) is 6.42 Å². The summed E-state index contributed by atoms with van der Waals surface area (Å²) in [4.78, 5) is 3.40. The first-order chi connectivity index (χ1) is 12.9. The molecule has 2 N–H and O–H groups in total. The highest BCUT2D eigenvalue weighted by Gasteiger charge is 2.31. The predicted octanol–water partition coefficient (Wildman–Crippen LogP) is 5.45. The molecule has 148 valence electrons. The van der Waals surface area contributed by atoms with Crippen LogP contribution in [0.25, 0.3) is 0 Å². The lowest BCUT2D eigenvalue weighted by Gasteiger charge is -2.29. The third-order valence-corrected chi connectivity index (χ3v) is 6.07. The van der Waals surface area contributed by atoms with Crippen molar-refractivity contribution >= 4 is 17.1 Å². The summed E-state index contributed by atoms with van der Waals surface area (Å²) in [7, 11) is 0. The summed E-state index contributed by atoms with van der Waals surface area (Å²) in [5.74, 6) is 0. The van der Waals surface area contributed by atoms with Gasteiger partial charge in [-0.15, -0.1) is 0 Å². The minimum absolute atomic E-state index is 0.0636. The van der Waals surface area contributed by atoms with Crippen molar-refractivity contribution in [2.45, 2.75) is 71.9 Å². The monoisotopic (exact) mass is 384 g/mol. The highest BCUT2D eigenvalue weighted by molar-refractivity contribution is 7.81. The normalized spacial score (nSPS) is 19.1. The van der Waals surface area contributed by atoms with Crippen LogP contribution in [0.2, 0.25) is 0 Å². The zero-order chi connectivity index (χ0) is 19.8. The predicted molar refractivity (Wildman–Crippen MR) is 123 cm³/mol. The molecule has 1 aromatic carbocycles. The van der Waals surface area contributed by atoms with Crippen molar-refractivity contribution in [3.8, 4) is 0 Å². The number of rotatable bonds is 9. The maximum Gasteiger partial charge on any atom is 0.0562 e. The van der Waals surface area contributed by atoms with Crippen LogP contribution >= 0.6 is 12.2 Å². The molecule has 0 spiro atoms.